The first-order valence-electron chi connectivity index (χ1n) is 6.70. The molecule has 2 amide bonds. The van der Waals surface area contributed by atoms with Gasteiger partial charge in [0.15, 0.2) is 5.13 Å². The van der Waals surface area contributed by atoms with Gasteiger partial charge in [0.05, 0.1) is 12.8 Å². The van der Waals surface area contributed by atoms with Crippen LogP contribution in [0.3, 0.4) is 0 Å². The summed E-state index contributed by atoms with van der Waals surface area (Å²) in [5, 5.41) is 4.70. The Bertz CT molecular complexity index is 646. The third kappa shape index (κ3) is 3.30. The van der Waals surface area contributed by atoms with Crippen LogP contribution in [-0.2, 0) is 11.3 Å². The molecule has 21 heavy (non-hydrogen) atoms. The Labute approximate surface area is 125 Å². The van der Waals surface area contributed by atoms with Crippen molar-refractivity contribution in [3.63, 3.8) is 0 Å². The van der Waals surface area contributed by atoms with Crippen molar-refractivity contribution in [2.75, 3.05) is 5.32 Å². The minimum atomic E-state index is -0.196. The van der Waals surface area contributed by atoms with Crippen LogP contribution in [0.2, 0.25) is 0 Å². The summed E-state index contributed by atoms with van der Waals surface area (Å²) < 4.78 is 5.32. The minimum Gasteiger partial charge on any atom is -0.467 e. The standard InChI is InChI=1S/C14H15N3O3S/c1-9(18)15-14-16-12(8-21-14)13(19)17(10-4-5-10)7-11-3-2-6-20-11/h2-3,6,8,10H,4-5,7H2,1H3,(H,15,16,18). The number of rotatable bonds is 5. The van der Waals surface area contributed by atoms with Crippen LogP contribution < -0.4 is 5.32 Å². The smallest absolute Gasteiger partial charge is 0.274 e. The number of hydrogen-bond donors (Lipinski definition) is 1. The SMILES string of the molecule is CC(=O)Nc1nc(C(=O)N(Cc2ccco2)C2CC2)cs1. The Balaban J connectivity index is 1.74. The summed E-state index contributed by atoms with van der Waals surface area (Å²) in [5.74, 6) is 0.437. The van der Waals surface area contributed by atoms with Crippen LogP contribution in [0.25, 0.3) is 0 Å². The topological polar surface area (TPSA) is 75.4 Å². The number of anilines is 1. The molecular weight excluding hydrogens is 290 g/mol. The van der Waals surface area contributed by atoms with Crippen molar-refractivity contribution in [1.82, 2.24) is 9.88 Å². The van der Waals surface area contributed by atoms with Gasteiger partial charge in [0.25, 0.3) is 5.91 Å². The van der Waals surface area contributed by atoms with E-state index in [2.05, 4.69) is 10.3 Å². The molecule has 1 fully saturated rings. The number of carbonyl (C=O) groups is 2. The molecule has 0 spiro atoms. The summed E-state index contributed by atoms with van der Waals surface area (Å²) in [6, 6.07) is 3.92. The van der Waals surface area contributed by atoms with Crippen molar-refractivity contribution >= 4 is 28.3 Å². The van der Waals surface area contributed by atoms with Gasteiger partial charge < -0.3 is 14.6 Å². The molecule has 0 bridgehead atoms. The molecular formula is C14H15N3O3S. The van der Waals surface area contributed by atoms with Gasteiger partial charge in [0.2, 0.25) is 5.91 Å². The lowest BCUT2D eigenvalue weighted by Gasteiger charge is -2.20. The van der Waals surface area contributed by atoms with E-state index >= 15 is 0 Å². The Morgan fingerprint density at radius 3 is 2.95 bits per heavy atom. The largest absolute Gasteiger partial charge is 0.467 e. The molecule has 3 rings (SSSR count). The molecule has 1 saturated carbocycles. The molecule has 0 atom stereocenters. The minimum absolute atomic E-state index is 0.123. The number of nitrogens with zero attached hydrogens (tertiary/aromatic N) is 2. The Kier molecular flexibility index (Phi) is 3.74. The van der Waals surface area contributed by atoms with Gasteiger partial charge in [-0.25, -0.2) is 4.98 Å². The second-order valence-corrected chi connectivity index (χ2v) is 5.82. The third-order valence-corrected chi connectivity index (χ3v) is 3.92. The van der Waals surface area contributed by atoms with E-state index in [4.69, 9.17) is 4.42 Å². The Morgan fingerprint density at radius 2 is 2.33 bits per heavy atom. The highest BCUT2D eigenvalue weighted by Crippen LogP contribution is 2.30. The lowest BCUT2D eigenvalue weighted by Crippen LogP contribution is -2.32. The van der Waals surface area contributed by atoms with Gasteiger partial charge in [-0.05, 0) is 25.0 Å². The van der Waals surface area contributed by atoms with Crippen molar-refractivity contribution in [3.05, 3.63) is 35.2 Å². The van der Waals surface area contributed by atoms with Crippen molar-refractivity contribution in [2.24, 2.45) is 0 Å². The Morgan fingerprint density at radius 1 is 1.52 bits per heavy atom. The molecule has 0 aliphatic heterocycles. The summed E-state index contributed by atoms with van der Waals surface area (Å²) in [6.45, 7) is 1.86. The van der Waals surface area contributed by atoms with E-state index in [-0.39, 0.29) is 17.9 Å². The maximum absolute atomic E-state index is 12.6. The second kappa shape index (κ2) is 5.69. The fourth-order valence-corrected chi connectivity index (χ4v) is 2.78. The fourth-order valence-electron chi connectivity index (χ4n) is 2.05. The summed E-state index contributed by atoms with van der Waals surface area (Å²) in [6.07, 6.45) is 3.62. The number of carbonyl (C=O) groups excluding carboxylic acids is 2. The predicted molar refractivity (Wildman–Crippen MR) is 78.0 cm³/mol. The highest BCUT2D eigenvalue weighted by molar-refractivity contribution is 7.14. The second-order valence-electron chi connectivity index (χ2n) is 4.96. The average molecular weight is 305 g/mol. The van der Waals surface area contributed by atoms with Crippen LogP contribution >= 0.6 is 11.3 Å². The van der Waals surface area contributed by atoms with E-state index in [1.807, 2.05) is 12.1 Å². The van der Waals surface area contributed by atoms with Crippen molar-refractivity contribution in [1.29, 1.82) is 0 Å². The molecule has 1 aliphatic rings. The lowest BCUT2D eigenvalue weighted by molar-refractivity contribution is -0.114. The van der Waals surface area contributed by atoms with Crippen LogP contribution in [0.5, 0.6) is 0 Å². The first kappa shape index (κ1) is 13.8. The van der Waals surface area contributed by atoms with Gasteiger partial charge in [0.1, 0.15) is 11.5 Å². The van der Waals surface area contributed by atoms with Crippen LogP contribution in [-0.4, -0.2) is 27.7 Å². The first-order chi connectivity index (χ1) is 10.1. The molecule has 1 N–H and O–H groups in total. The van der Waals surface area contributed by atoms with Gasteiger partial charge in [-0.2, -0.15) is 0 Å². The monoisotopic (exact) mass is 305 g/mol. The average Bonchev–Trinajstić information content (AvgIpc) is 2.96. The molecule has 0 radical (unpaired) electrons. The van der Waals surface area contributed by atoms with Gasteiger partial charge in [-0.1, -0.05) is 0 Å². The van der Waals surface area contributed by atoms with Gasteiger partial charge in [0, 0.05) is 18.3 Å². The van der Waals surface area contributed by atoms with E-state index in [9.17, 15) is 9.59 Å². The summed E-state index contributed by atoms with van der Waals surface area (Å²) in [5.41, 5.74) is 0.363. The molecule has 2 aromatic rings. The van der Waals surface area contributed by atoms with Gasteiger partial charge >= 0.3 is 0 Å². The quantitative estimate of drug-likeness (QED) is 0.921. The highest BCUT2D eigenvalue weighted by atomic mass is 32.1. The number of thiazole rings is 1. The van der Waals surface area contributed by atoms with E-state index in [1.54, 1.807) is 16.5 Å². The van der Waals surface area contributed by atoms with Crippen LogP contribution in [0.1, 0.15) is 36.0 Å². The van der Waals surface area contributed by atoms with Crippen LogP contribution in [0, 0.1) is 0 Å². The summed E-state index contributed by atoms with van der Waals surface area (Å²) in [4.78, 5) is 29.5. The molecule has 0 aromatic carbocycles. The number of amides is 2. The lowest BCUT2D eigenvalue weighted by atomic mass is 10.3. The summed E-state index contributed by atoms with van der Waals surface area (Å²) in [7, 11) is 0. The zero-order valence-electron chi connectivity index (χ0n) is 11.5. The number of furan rings is 1. The maximum Gasteiger partial charge on any atom is 0.274 e. The van der Waals surface area contributed by atoms with Crippen molar-refractivity contribution in [2.45, 2.75) is 32.4 Å². The van der Waals surface area contributed by atoms with E-state index in [0.29, 0.717) is 17.4 Å². The van der Waals surface area contributed by atoms with Crippen LogP contribution in [0.4, 0.5) is 5.13 Å². The first-order valence-corrected chi connectivity index (χ1v) is 7.58. The van der Waals surface area contributed by atoms with Crippen molar-refractivity contribution < 1.29 is 14.0 Å². The van der Waals surface area contributed by atoms with E-state index in [1.165, 1.54) is 18.3 Å². The number of nitrogens with one attached hydrogen (secondary N) is 1. The number of aromatic nitrogens is 1. The van der Waals surface area contributed by atoms with Crippen molar-refractivity contribution in [3.8, 4) is 0 Å². The fraction of sp³-hybridized carbons (Fsp3) is 0.357. The summed E-state index contributed by atoms with van der Waals surface area (Å²) >= 11 is 1.25. The molecule has 110 valence electrons. The molecule has 2 heterocycles. The number of hydrogen-bond acceptors (Lipinski definition) is 5. The van der Waals surface area contributed by atoms with Crippen LogP contribution in [0.15, 0.2) is 28.2 Å². The molecule has 7 heteroatoms. The predicted octanol–water partition coefficient (Wildman–Crippen LogP) is 2.50. The molecule has 1 aliphatic carbocycles. The van der Waals surface area contributed by atoms with E-state index < -0.39 is 0 Å². The molecule has 0 unspecified atom stereocenters. The normalized spacial score (nSPS) is 14.0. The van der Waals surface area contributed by atoms with E-state index in [0.717, 1.165) is 18.6 Å². The Hall–Kier alpha value is -2.15. The zero-order valence-corrected chi connectivity index (χ0v) is 12.4. The third-order valence-electron chi connectivity index (χ3n) is 3.16. The molecule has 2 aromatic heterocycles. The zero-order chi connectivity index (χ0) is 14.8. The maximum atomic E-state index is 12.6. The van der Waals surface area contributed by atoms with Gasteiger partial charge in [-0.15, -0.1) is 11.3 Å². The van der Waals surface area contributed by atoms with Gasteiger partial charge in [-0.3, -0.25) is 9.59 Å². The highest BCUT2D eigenvalue weighted by Gasteiger charge is 2.34. The molecule has 6 nitrogen and oxygen atoms in total. The molecule has 0 saturated heterocycles.